The van der Waals surface area contributed by atoms with E-state index in [1.807, 2.05) is 48.5 Å². The Balaban J connectivity index is 1.61. The highest BCUT2D eigenvalue weighted by Crippen LogP contribution is 2.51. The summed E-state index contributed by atoms with van der Waals surface area (Å²) in [5.41, 5.74) is 0.416. The number of alkyl halides is 3. The van der Waals surface area contributed by atoms with Crippen LogP contribution in [0.3, 0.4) is 0 Å². The van der Waals surface area contributed by atoms with Crippen LogP contribution < -0.4 is 0 Å². The van der Waals surface area contributed by atoms with Crippen LogP contribution in [0.2, 0.25) is 0 Å². The van der Waals surface area contributed by atoms with Gasteiger partial charge in [-0.05, 0) is 42.5 Å². The van der Waals surface area contributed by atoms with Crippen LogP contribution in [0.1, 0.15) is 5.56 Å². The van der Waals surface area contributed by atoms with Crippen molar-refractivity contribution in [1.29, 1.82) is 0 Å². The van der Waals surface area contributed by atoms with Gasteiger partial charge in [-0.25, -0.2) is 8.78 Å². The van der Waals surface area contributed by atoms with Gasteiger partial charge in [-0.2, -0.15) is 13.2 Å². The van der Waals surface area contributed by atoms with Gasteiger partial charge < -0.3 is 9.13 Å². The zero-order chi connectivity index (χ0) is 34.1. The summed E-state index contributed by atoms with van der Waals surface area (Å²) >= 11 is 0. The van der Waals surface area contributed by atoms with E-state index in [1.165, 1.54) is 42.5 Å². The number of rotatable bonds is 4. The van der Waals surface area contributed by atoms with E-state index in [0.717, 1.165) is 21.5 Å². The van der Waals surface area contributed by atoms with Crippen LogP contribution in [0.5, 0.6) is 0 Å². The minimum absolute atomic E-state index is 0.0234. The number of hydrogen-bond acceptors (Lipinski definition) is 0. The quantitative estimate of drug-likeness (QED) is 0.166. The molecule has 2 aromatic heterocycles. The van der Waals surface area contributed by atoms with Crippen molar-refractivity contribution < 1.29 is 22.0 Å². The molecule has 9 aromatic rings. The van der Waals surface area contributed by atoms with Crippen molar-refractivity contribution in [3.63, 3.8) is 0 Å². The third-order valence-electron chi connectivity index (χ3n) is 9.49. The standard InChI is InChI=1S/C43H25F5N2/c44-34-19-7-1-13-26(34)32-25-33(27-14-2-8-20-35(27)45)42(50-38-23-11-5-17-30(38)31-18-6-12-24-39(31)50)40(43(46,47)48)41(32)49-36-21-9-3-15-28(36)29-16-4-10-22-37(29)49/h1-25H. The summed E-state index contributed by atoms with van der Waals surface area (Å²) in [7, 11) is 0. The minimum atomic E-state index is -5.01. The lowest BCUT2D eigenvalue weighted by atomic mass is 9.90. The van der Waals surface area contributed by atoms with Gasteiger partial charge in [-0.3, -0.25) is 0 Å². The van der Waals surface area contributed by atoms with Crippen LogP contribution in [0.4, 0.5) is 22.0 Å². The first-order chi connectivity index (χ1) is 24.3. The van der Waals surface area contributed by atoms with Gasteiger partial charge >= 0.3 is 6.18 Å². The van der Waals surface area contributed by atoms with E-state index in [0.29, 0.717) is 22.1 Å². The fourth-order valence-electron chi connectivity index (χ4n) is 7.49. The van der Waals surface area contributed by atoms with E-state index in [1.54, 1.807) is 69.8 Å². The average Bonchev–Trinajstić information content (AvgIpc) is 3.64. The van der Waals surface area contributed by atoms with Gasteiger partial charge in [0.15, 0.2) is 0 Å². The summed E-state index contributed by atoms with van der Waals surface area (Å²) < 4.78 is 84.6. The predicted octanol–water partition coefficient (Wildman–Crippen LogP) is 12.5. The maximum atomic E-state index is 16.5. The minimum Gasteiger partial charge on any atom is -0.308 e. The SMILES string of the molecule is Fc1ccccc1-c1cc(-c2ccccc2F)c(-n2c3ccccc3c3ccccc32)c(C(F)(F)F)c1-n1c2ccccc2c2ccccc21. The Kier molecular flexibility index (Phi) is 6.68. The van der Waals surface area contributed by atoms with Gasteiger partial charge in [0.25, 0.3) is 0 Å². The van der Waals surface area contributed by atoms with Crippen molar-refractivity contribution in [3.05, 3.63) is 169 Å². The van der Waals surface area contributed by atoms with E-state index in [-0.39, 0.29) is 33.6 Å². The number of aromatic nitrogens is 2. The van der Waals surface area contributed by atoms with Crippen molar-refractivity contribution in [3.8, 4) is 33.6 Å². The fourth-order valence-corrected chi connectivity index (χ4v) is 7.49. The molecule has 0 aliphatic carbocycles. The molecule has 9 rings (SSSR count). The van der Waals surface area contributed by atoms with Gasteiger partial charge in [-0.15, -0.1) is 0 Å². The van der Waals surface area contributed by atoms with Crippen LogP contribution in [-0.2, 0) is 6.18 Å². The topological polar surface area (TPSA) is 9.86 Å². The Hall–Kier alpha value is -6.21. The van der Waals surface area contributed by atoms with Crippen molar-refractivity contribution in [2.24, 2.45) is 0 Å². The monoisotopic (exact) mass is 664 g/mol. The molecule has 7 aromatic carbocycles. The number of para-hydroxylation sites is 4. The Bertz CT molecular complexity index is 2500. The van der Waals surface area contributed by atoms with Crippen molar-refractivity contribution in [2.45, 2.75) is 6.18 Å². The summed E-state index contributed by atoms with van der Waals surface area (Å²) in [6.45, 7) is 0. The van der Waals surface area contributed by atoms with Crippen molar-refractivity contribution in [2.75, 3.05) is 0 Å². The number of nitrogens with zero attached hydrogens (tertiary/aromatic N) is 2. The largest absolute Gasteiger partial charge is 0.420 e. The molecule has 0 atom stereocenters. The Morgan fingerprint density at radius 1 is 0.360 bits per heavy atom. The van der Waals surface area contributed by atoms with Gasteiger partial charge in [0.2, 0.25) is 0 Å². The molecule has 0 amide bonds. The van der Waals surface area contributed by atoms with Gasteiger partial charge in [0, 0.05) is 43.8 Å². The predicted molar refractivity (Wildman–Crippen MR) is 191 cm³/mol. The molecule has 0 saturated carbocycles. The van der Waals surface area contributed by atoms with Gasteiger partial charge in [0.05, 0.1) is 33.4 Å². The maximum Gasteiger partial charge on any atom is 0.420 e. The van der Waals surface area contributed by atoms with Gasteiger partial charge in [-0.1, -0.05) is 109 Å². The molecule has 242 valence electrons. The zero-order valence-corrected chi connectivity index (χ0v) is 26.2. The molecule has 0 saturated heterocycles. The second kappa shape index (κ2) is 11.2. The molecule has 0 bridgehead atoms. The van der Waals surface area contributed by atoms with Crippen molar-refractivity contribution in [1.82, 2.24) is 9.13 Å². The maximum absolute atomic E-state index is 16.5. The van der Waals surface area contributed by atoms with Crippen LogP contribution in [0.15, 0.2) is 152 Å². The van der Waals surface area contributed by atoms with E-state index >= 15 is 22.0 Å². The Morgan fingerprint density at radius 3 is 0.980 bits per heavy atom. The van der Waals surface area contributed by atoms with Gasteiger partial charge in [0.1, 0.15) is 17.2 Å². The van der Waals surface area contributed by atoms with Crippen molar-refractivity contribution >= 4 is 43.6 Å². The molecule has 0 radical (unpaired) electrons. The van der Waals surface area contributed by atoms with E-state index in [4.69, 9.17) is 0 Å². The number of benzene rings is 7. The molecule has 50 heavy (non-hydrogen) atoms. The summed E-state index contributed by atoms with van der Waals surface area (Å²) in [5, 5.41) is 2.97. The van der Waals surface area contributed by atoms with E-state index in [9.17, 15) is 0 Å². The zero-order valence-electron chi connectivity index (χ0n) is 26.2. The lowest BCUT2D eigenvalue weighted by molar-refractivity contribution is -0.137. The van der Waals surface area contributed by atoms with E-state index < -0.39 is 23.4 Å². The molecule has 0 unspecified atom stereocenters. The molecule has 0 aliphatic heterocycles. The second-order valence-corrected chi connectivity index (χ2v) is 12.2. The first-order valence-electron chi connectivity index (χ1n) is 16.1. The fraction of sp³-hybridized carbons (Fsp3) is 0.0233. The van der Waals surface area contributed by atoms with Crippen LogP contribution in [-0.4, -0.2) is 9.13 Å². The molecular weight excluding hydrogens is 639 g/mol. The first kappa shape index (κ1) is 29.9. The summed E-state index contributed by atoms with van der Waals surface area (Å²) in [4.78, 5) is 0. The lowest BCUT2D eigenvalue weighted by Gasteiger charge is -2.27. The third kappa shape index (κ3) is 4.39. The highest BCUT2D eigenvalue weighted by Gasteiger charge is 2.42. The molecule has 2 nitrogen and oxygen atoms in total. The molecule has 7 heteroatoms. The van der Waals surface area contributed by atoms with Crippen LogP contribution in [0, 0.1) is 11.6 Å². The lowest BCUT2D eigenvalue weighted by Crippen LogP contribution is -2.18. The average molecular weight is 665 g/mol. The molecule has 0 N–H and O–H groups in total. The second-order valence-electron chi connectivity index (χ2n) is 12.2. The van der Waals surface area contributed by atoms with Crippen LogP contribution >= 0.6 is 0 Å². The summed E-state index contributed by atoms with van der Waals surface area (Å²) in [6, 6.07) is 42.1. The number of fused-ring (bicyclic) bond motifs is 6. The first-order valence-corrected chi connectivity index (χ1v) is 16.1. The molecule has 0 fully saturated rings. The summed E-state index contributed by atoms with van der Waals surface area (Å²) in [5.74, 6) is -1.40. The number of hydrogen-bond donors (Lipinski definition) is 0. The highest BCUT2D eigenvalue weighted by atomic mass is 19.4. The molecular formula is C43H25F5N2. The Labute approximate surface area is 282 Å². The van der Waals surface area contributed by atoms with E-state index in [2.05, 4.69) is 0 Å². The summed E-state index contributed by atoms with van der Waals surface area (Å²) in [6.07, 6.45) is -5.01. The molecule has 2 heterocycles. The third-order valence-corrected chi connectivity index (χ3v) is 9.49. The molecule has 0 aliphatic rings. The normalized spacial score (nSPS) is 12.1. The highest BCUT2D eigenvalue weighted by molar-refractivity contribution is 6.12. The molecule has 0 spiro atoms. The number of halogens is 5. The smallest absolute Gasteiger partial charge is 0.308 e. The van der Waals surface area contributed by atoms with Crippen LogP contribution in [0.25, 0.3) is 77.2 Å². The Morgan fingerprint density at radius 2 is 0.660 bits per heavy atom.